The number of rotatable bonds is 2. The number of nitrogens with zero attached hydrogens (tertiary/aromatic N) is 4. The maximum Gasteiger partial charge on any atom is 0.419 e. The van der Waals surface area contributed by atoms with Crippen LogP contribution in [0.15, 0.2) is 42.6 Å². The van der Waals surface area contributed by atoms with E-state index in [4.69, 9.17) is 0 Å². The van der Waals surface area contributed by atoms with Gasteiger partial charge in [0.1, 0.15) is 5.82 Å². The number of hydrogen-bond acceptors (Lipinski definition) is 4. The normalized spacial score (nSPS) is 15.8. The molecular weight excluding hydrogens is 331 g/mol. The second-order valence-corrected chi connectivity index (χ2v) is 5.92. The topological polar surface area (TPSA) is 48.1 Å². The maximum absolute atomic E-state index is 13.2. The van der Waals surface area contributed by atoms with Gasteiger partial charge in [0.2, 0.25) is 5.95 Å². The van der Waals surface area contributed by atoms with Gasteiger partial charge < -0.3 is 14.8 Å². The Morgan fingerprint density at radius 1 is 0.920 bits per heavy atom. The molecule has 3 aromatic rings. The van der Waals surface area contributed by atoms with Crippen LogP contribution >= 0.6 is 0 Å². The van der Waals surface area contributed by atoms with E-state index in [0.717, 1.165) is 23.0 Å². The summed E-state index contributed by atoms with van der Waals surface area (Å²) in [5, 5.41) is 0. The van der Waals surface area contributed by atoms with Crippen LogP contribution in [0.3, 0.4) is 0 Å². The first-order chi connectivity index (χ1) is 12.0. The molecule has 130 valence electrons. The van der Waals surface area contributed by atoms with E-state index in [1.807, 2.05) is 29.2 Å². The average Bonchev–Trinajstić information content (AvgIpc) is 3.05. The predicted molar refractivity (Wildman–Crippen MR) is 89.8 cm³/mol. The molecule has 0 spiro atoms. The average molecular weight is 347 g/mol. The highest BCUT2D eigenvalue weighted by Gasteiger charge is 2.36. The zero-order valence-electron chi connectivity index (χ0n) is 13.3. The smallest absolute Gasteiger partial charge is 0.353 e. The number of H-pyrrole nitrogens is 1. The van der Waals surface area contributed by atoms with Crippen molar-refractivity contribution in [3.8, 4) is 0 Å². The number of aromatic nitrogens is 3. The number of aromatic amines is 1. The Balaban J connectivity index is 1.52. The second kappa shape index (κ2) is 5.94. The fourth-order valence-corrected chi connectivity index (χ4v) is 3.09. The molecule has 0 atom stereocenters. The van der Waals surface area contributed by atoms with Crippen molar-refractivity contribution < 1.29 is 13.2 Å². The number of piperazine rings is 1. The van der Waals surface area contributed by atoms with Crippen molar-refractivity contribution in [1.82, 2.24) is 15.0 Å². The van der Waals surface area contributed by atoms with Gasteiger partial charge in [0.25, 0.3) is 0 Å². The van der Waals surface area contributed by atoms with Gasteiger partial charge in [-0.15, -0.1) is 0 Å². The molecule has 0 unspecified atom stereocenters. The molecule has 25 heavy (non-hydrogen) atoms. The molecule has 1 saturated heterocycles. The highest BCUT2D eigenvalue weighted by molar-refractivity contribution is 5.77. The highest BCUT2D eigenvalue weighted by atomic mass is 19.4. The van der Waals surface area contributed by atoms with Crippen LogP contribution in [0.1, 0.15) is 5.56 Å². The van der Waals surface area contributed by atoms with E-state index in [1.165, 1.54) is 12.3 Å². The third-order valence-corrected chi connectivity index (χ3v) is 4.35. The van der Waals surface area contributed by atoms with Gasteiger partial charge >= 0.3 is 6.18 Å². The molecule has 3 heterocycles. The zero-order chi connectivity index (χ0) is 17.4. The number of imidazole rings is 1. The molecule has 1 N–H and O–H groups in total. The first kappa shape index (κ1) is 15.7. The van der Waals surface area contributed by atoms with Gasteiger partial charge in [0.15, 0.2) is 0 Å². The largest absolute Gasteiger partial charge is 0.419 e. The third-order valence-electron chi connectivity index (χ3n) is 4.35. The Hall–Kier alpha value is -2.77. The number of anilines is 2. The molecule has 0 saturated carbocycles. The van der Waals surface area contributed by atoms with Crippen LogP contribution in [0.5, 0.6) is 0 Å². The number of halogens is 3. The van der Waals surface area contributed by atoms with Crippen molar-refractivity contribution in [1.29, 1.82) is 0 Å². The first-order valence-corrected chi connectivity index (χ1v) is 7.99. The number of hydrogen-bond donors (Lipinski definition) is 1. The van der Waals surface area contributed by atoms with E-state index < -0.39 is 11.7 Å². The van der Waals surface area contributed by atoms with Crippen molar-refractivity contribution in [2.24, 2.45) is 0 Å². The Morgan fingerprint density at radius 3 is 2.36 bits per heavy atom. The van der Waals surface area contributed by atoms with Crippen molar-refractivity contribution >= 4 is 22.8 Å². The van der Waals surface area contributed by atoms with Crippen molar-refractivity contribution in [2.75, 3.05) is 36.0 Å². The number of pyridine rings is 1. The van der Waals surface area contributed by atoms with Crippen LogP contribution in [0, 0.1) is 0 Å². The van der Waals surface area contributed by atoms with E-state index in [-0.39, 0.29) is 5.82 Å². The van der Waals surface area contributed by atoms with Gasteiger partial charge in [-0.05, 0) is 24.3 Å². The molecule has 8 heteroatoms. The van der Waals surface area contributed by atoms with E-state index in [1.54, 1.807) is 4.90 Å². The summed E-state index contributed by atoms with van der Waals surface area (Å²) in [5.74, 6) is 0.747. The lowest BCUT2D eigenvalue weighted by atomic mass is 10.2. The lowest BCUT2D eigenvalue weighted by Crippen LogP contribution is -2.47. The highest BCUT2D eigenvalue weighted by Crippen LogP contribution is 2.35. The summed E-state index contributed by atoms with van der Waals surface area (Å²) >= 11 is 0. The maximum atomic E-state index is 13.2. The molecule has 1 aromatic carbocycles. The number of para-hydroxylation sites is 2. The van der Waals surface area contributed by atoms with Crippen LogP contribution in [0.2, 0.25) is 0 Å². The van der Waals surface area contributed by atoms with Crippen LogP contribution < -0.4 is 9.80 Å². The van der Waals surface area contributed by atoms with Crippen LogP contribution in [-0.4, -0.2) is 41.1 Å². The van der Waals surface area contributed by atoms with E-state index >= 15 is 0 Å². The van der Waals surface area contributed by atoms with Gasteiger partial charge in [0.05, 0.1) is 16.6 Å². The quantitative estimate of drug-likeness (QED) is 0.773. The Bertz CT molecular complexity index is 848. The second-order valence-electron chi connectivity index (χ2n) is 5.92. The summed E-state index contributed by atoms with van der Waals surface area (Å²) in [6.45, 7) is 2.07. The summed E-state index contributed by atoms with van der Waals surface area (Å²) in [4.78, 5) is 15.5. The van der Waals surface area contributed by atoms with Crippen molar-refractivity contribution in [2.45, 2.75) is 6.18 Å². The van der Waals surface area contributed by atoms with Crippen LogP contribution in [0.25, 0.3) is 11.0 Å². The monoisotopic (exact) mass is 347 g/mol. The minimum atomic E-state index is -4.40. The van der Waals surface area contributed by atoms with Gasteiger partial charge in [-0.2, -0.15) is 13.2 Å². The molecule has 1 aliphatic rings. The van der Waals surface area contributed by atoms with E-state index in [0.29, 0.717) is 26.2 Å². The zero-order valence-corrected chi connectivity index (χ0v) is 13.3. The van der Waals surface area contributed by atoms with Gasteiger partial charge in [-0.3, -0.25) is 0 Å². The molecule has 1 aliphatic heterocycles. The molecule has 0 bridgehead atoms. The Labute approximate surface area is 142 Å². The first-order valence-electron chi connectivity index (χ1n) is 7.99. The molecular formula is C17H16F3N5. The minimum absolute atomic E-state index is 0.000689. The summed E-state index contributed by atoms with van der Waals surface area (Å²) in [5.41, 5.74) is 1.14. The van der Waals surface area contributed by atoms with Crippen molar-refractivity contribution in [3.05, 3.63) is 48.2 Å². The predicted octanol–water partition coefficient (Wildman–Crippen LogP) is 3.30. The molecule has 4 rings (SSSR count). The molecule has 5 nitrogen and oxygen atoms in total. The number of nitrogens with one attached hydrogen (secondary N) is 1. The minimum Gasteiger partial charge on any atom is -0.353 e. The third kappa shape index (κ3) is 2.99. The van der Waals surface area contributed by atoms with E-state index in [2.05, 4.69) is 15.0 Å². The molecule has 0 aliphatic carbocycles. The molecule has 1 fully saturated rings. The standard InChI is InChI=1S/C17H16F3N5/c18-17(19,20)12-4-3-7-21-15(12)24-8-10-25(11-9-24)16-22-13-5-1-2-6-14(13)23-16/h1-7H,8-11H2,(H,22,23). The molecule has 2 aromatic heterocycles. The summed E-state index contributed by atoms with van der Waals surface area (Å²) in [7, 11) is 0. The van der Waals surface area contributed by atoms with E-state index in [9.17, 15) is 13.2 Å². The summed E-state index contributed by atoms with van der Waals surface area (Å²) in [6, 6.07) is 10.1. The van der Waals surface area contributed by atoms with Crippen molar-refractivity contribution in [3.63, 3.8) is 0 Å². The number of alkyl halides is 3. The summed E-state index contributed by atoms with van der Waals surface area (Å²) in [6.07, 6.45) is -3.00. The Kier molecular flexibility index (Phi) is 3.74. The fourth-order valence-electron chi connectivity index (χ4n) is 3.09. The number of fused-ring (bicyclic) bond motifs is 1. The molecule has 0 radical (unpaired) electrons. The molecule has 0 amide bonds. The fraction of sp³-hybridized carbons (Fsp3) is 0.294. The summed E-state index contributed by atoms with van der Waals surface area (Å²) < 4.78 is 39.5. The Morgan fingerprint density at radius 2 is 1.64 bits per heavy atom. The van der Waals surface area contributed by atoms with Crippen LogP contribution in [-0.2, 0) is 6.18 Å². The van der Waals surface area contributed by atoms with Crippen LogP contribution in [0.4, 0.5) is 24.9 Å². The SMILES string of the molecule is FC(F)(F)c1cccnc1N1CCN(c2nc3ccccc3[nH]2)CC1. The lowest BCUT2D eigenvalue weighted by Gasteiger charge is -2.36. The van der Waals surface area contributed by atoms with Gasteiger partial charge in [-0.1, -0.05) is 12.1 Å². The van der Waals surface area contributed by atoms with Gasteiger partial charge in [-0.25, -0.2) is 9.97 Å². The number of benzene rings is 1. The lowest BCUT2D eigenvalue weighted by molar-refractivity contribution is -0.137. The van der Waals surface area contributed by atoms with Gasteiger partial charge in [0, 0.05) is 32.4 Å².